The fourth-order valence-corrected chi connectivity index (χ4v) is 1.43. The van der Waals surface area contributed by atoms with Crippen LogP contribution < -0.4 is 15.8 Å². The molecular formula is C13H18N2O4. The molecule has 6 heteroatoms. The van der Waals surface area contributed by atoms with E-state index in [4.69, 9.17) is 15.6 Å². The van der Waals surface area contributed by atoms with Crippen LogP contribution in [-0.2, 0) is 9.59 Å². The molecule has 104 valence electrons. The lowest BCUT2D eigenvalue weighted by molar-refractivity contribution is -0.138. The lowest BCUT2D eigenvalue weighted by Crippen LogP contribution is -2.31. The second kappa shape index (κ2) is 7.38. The number of nitrogens with two attached hydrogens (primary N) is 1. The van der Waals surface area contributed by atoms with Gasteiger partial charge in [0.2, 0.25) is 5.91 Å². The fourth-order valence-electron chi connectivity index (χ4n) is 1.43. The maximum Gasteiger partial charge on any atom is 0.320 e. The van der Waals surface area contributed by atoms with Crippen LogP contribution in [0.15, 0.2) is 24.3 Å². The van der Waals surface area contributed by atoms with Gasteiger partial charge in [-0.05, 0) is 37.6 Å². The number of hydrogen-bond acceptors (Lipinski definition) is 4. The molecule has 0 fully saturated rings. The number of anilines is 1. The van der Waals surface area contributed by atoms with Gasteiger partial charge in [0.15, 0.2) is 0 Å². The maximum absolute atomic E-state index is 11.6. The quantitative estimate of drug-likeness (QED) is 0.688. The Balaban J connectivity index is 2.41. The summed E-state index contributed by atoms with van der Waals surface area (Å²) >= 11 is 0. The van der Waals surface area contributed by atoms with Gasteiger partial charge in [-0.15, -0.1) is 0 Å². The van der Waals surface area contributed by atoms with Gasteiger partial charge in [0, 0.05) is 12.1 Å². The Bertz CT molecular complexity index is 431. The van der Waals surface area contributed by atoms with Crippen LogP contribution >= 0.6 is 0 Å². The Morgan fingerprint density at radius 1 is 1.37 bits per heavy atom. The smallest absolute Gasteiger partial charge is 0.320 e. The Morgan fingerprint density at radius 3 is 2.53 bits per heavy atom. The molecule has 0 aliphatic heterocycles. The van der Waals surface area contributed by atoms with Crippen molar-refractivity contribution in [3.8, 4) is 5.75 Å². The summed E-state index contributed by atoms with van der Waals surface area (Å²) in [6.07, 6.45) is 0.179. The van der Waals surface area contributed by atoms with E-state index in [1.165, 1.54) is 0 Å². The van der Waals surface area contributed by atoms with Crippen LogP contribution in [0.1, 0.15) is 19.8 Å². The predicted octanol–water partition coefficient (Wildman–Crippen LogP) is 1.22. The number of nitrogens with one attached hydrogen (secondary N) is 1. The molecule has 1 rings (SSSR count). The van der Waals surface area contributed by atoms with Gasteiger partial charge < -0.3 is 20.9 Å². The second-order valence-electron chi connectivity index (χ2n) is 3.99. The molecule has 1 aromatic carbocycles. The number of ether oxygens (including phenoxy) is 1. The monoisotopic (exact) mass is 266 g/mol. The van der Waals surface area contributed by atoms with Crippen LogP contribution in [0.3, 0.4) is 0 Å². The van der Waals surface area contributed by atoms with Crippen molar-refractivity contribution < 1.29 is 19.4 Å². The first-order chi connectivity index (χ1) is 9.02. The topological polar surface area (TPSA) is 102 Å². The van der Waals surface area contributed by atoms with Crippen LogP contribution in [0.25, 0.3) is 0 Å². The minimum absolute atomic E-state index is 0.0701. The van der Waals surface area contributed by atoms with Crippen molar-refractivity contribution in [1.29, 1.82) is 0 Å². The van der Waals surface area contributed by atoms with Crippen molar-refractivity contribution in [1.82, 2.24) is 0 Å². The van der Waals surface area contributed by atoms with E-state index in [0.29, 0.717) is 12.3 Å². The van der Waals surface area contributed by atoms with Gasteiger partial charge in [-0.3, -0.25) is 9.59 Å². The summed E-state index contributed by atoms with van der Waals surface area (Å²) in [6, 6.07) is 5.94. The van der Waals surface area contributed by atoms with Crippen molar-refractivity contribution in [2.45, 2.75) is 25.8 Å². The third-order valence-corrected chi connectivity index (χ3v) is 2.45. The largest absolute Gasteiger partial charge is 0.494 e. The van der Waals surface area contributed by atoms with Crippen LogP contribution in [-0.4, -0.2) is 29.6 Å². The molecule has 0 radical (unpaired) electrons. The molecule has 0 aromatic heterocycles. The Labute approximate surface area is 111 Å². The highest BCUT2D eigenvalue weighted by atomic mass is 16.5. The first kappa shape index (κ1) is 15.0. The number of benzene rings is 1. The number of aliphatic carboxylic acids is 1. The SMILES string of the molecule is CCOc1ccc(NC(=O)CC[C@H](N)C(=O)O)cc1. The standard InChI is InChI=1S/C13H18N2O4/c1-2-19-10-5-3-9(4-6-10)15-12(16)8-7-11(14)13(17)18/h3-6,11H,2,7-8,14H2,1H3,(H,15,16)(H,17,18)/t11-/m0/s1. The van der Waals surface area contributed by atoms with Crippen molar-refractivity contribution in [2.75, 3.05) is 11.9 Å². The third-order valence-electron chi connectivity index (χ3n) is 2.45. The van der Waals surface area contributed by atoms with E-state index in [9.17, 15) is 9.59 Å². The molecule has 0 bridgehead atoms. The van der Waals surface area contributed by atoms with Crippen molar-refractivity contribution in [2.24, 2.45) is 5.73 Å². The molecule has 0 saturated heterocycles. The molecule has 0 aliphatic rings. The maximum atomic E-state index is 11.6. The summed E-state index contributed by atoms with van der Waals surface area (Å²) in [5.41, 5.74) is 5.95. The van der Waals surface area contributed by atoms with E-state index in [2.05, 4.69) is 5.32 Å². The van der Waals surface area contributed by atoms with Crippen molar-refractivity contribution in [3.05, 3.63) is 24.3 Å². The number of amides is 1. The number of hydrogen-bond donors (Lipinski definition) is 3. The van der Waals surface area contributed by atoms with Gasteiger partial charge in [-0.25, -0.2) is 0 Å². The average molecular weight is 266 g/mol. The zero-order chi connectivity index (χ0) is 14.3. The molecule has 0 spiro atoms. The normalized spacial score (nSPS) is 11.7. The average Bonchev–Trinajstić information content (AvgIpc) is 2.38. The third kappa shape index (κ3) is 5.39. The molecule has 1 aromatic rings. The number of carboxylic acids is 1. The highest BCUT2D eigenvalue weighted by Crippen LogP contribution is 2.15. The Kier molecular flexibility index (Phi) is 5.81. The van der Waals surface area contributed by atoms with Gasteiger partial charge in [-0.1, -0.05) is 0 Å². The first-order valence-electron chi connectivity index (χ1n) is 6.04. The lowest BCUT2D eigenvalue weighted by atomic mass is 10.1. The summed E-state index contributed by atoms with van der Waals surface area (Å²) in [5.74, 6) is -0.636. The highest BCUT2D eigenvalue weighted by molar-refractivity contribution is 5.91. The zero-order valence-electron chi connectivity index (χ0n) is 10.8. The lowest BCUT2D eigenvalue weighted by Gasteiger charge is -2.08. The molecule has 0 saturated carbocycles. The number of rotatable bonds is 7. The molecular weight excluding hydrogens is 248 g/mol. The van der Waals surface area contributed by atoms with Crippen LogP contribution in [0, 0.1) is 0 Å². The fraction of sp³-hybridized carbons (Fsp3) is 0.385. The van der Waals surface area contributed by atoms with E-state index in [1.807, 2.05) is 6.92 Å². The van der Waals surface area contributed by atoms with Gasteiger partial charge in [0.1, 0.15) is 11.8 Å². The van der Waals surface area contributed by atoms with Crippen molar-refractivity contribution >= 4 is 17.6 Å². The van der Waals surface area contributed by atoms with Crippen LogP contribution in [0.5, 0.6) is 5.75 Å². The minimum Gasteiger partial charge on any atom is -0.494 e. The number of carboxylic acid groups (broad SMARTS) is 1. The van der Waals surface area contributed by atoms with E-state index >= 15 is 0 Å². The molecule has 0 heterocycles. The van der Waals surface area contributed by atoms with Crippen molar-refractivity contribution in [3.63, 3.8) is 0 Å². The molecule has 0 unspecified atom stereocenters. The zero-order valence-corrected chi connectivity index (χ0v) is 10.8. The summed E-state index contributed by atoms with van der Waals surface area (Å²) in [5, 5.41) is 11.3. The Morgan fingerprint density at radius 2 is 2.00 bits per heavy atom. The molecule has 1 amide bonds. The van der Waals surface area contributed by atoms with E-state index < -0.39 is 12.0 Å². The van der Waals surface area contributed by atoms with Gasteiger partial charge in [-0.2, -0.15) is 0 Å². The molecule has 1 atom stereocenters. The van der Waals surface area contributed by atoms with E-state index in [1.54, 1.807) is 24.3 Å². The summed E-state index contributed by atoms with van der Waals surface area (Å²) in [4.78, 5) is 22.1. The van der Waals surface area contributed by atoms with Gasteiger partial charge in [0.25, 0.3) is 0 Å². The summed E-state index contributed by atoms with van der Waals surface area (Å²) in [7, 11) is 0. The minimum atomic E-state index is -1.10. The molecule has 6 nitrogen and oxygen atoms in total. The second-order valence-corrected chi connectivity index (χ2v) is 3.99. The van der Waals surface area contributed by atoms with E-state index in [0.717, 1.165) is 5.75 Å². The van der Waals surface area contributed by atoms with Gasteiger partial charge in [0.05, 0.1) is 6.61 Å². The number of carbonyl (C=O) groups is 2. The first-order valence-corrected chi connectivity index (χ1v) is 6.04. The molecule has 4 N–H and O–H groups in total. The highest BCUT2D eigenvalue weighted by Gasteiger charge is 2.13. The summed E-state index contributed by atoms with van der Waals surface area (Å²) < 4.78 is 5.28. The molecule has 0 aliphatic carbocycles. The van der Waals surface area contributed by atoms with Gasteiger partial charge >= 0.3 is 5.97 Å². The molecule has 19 heavy (non-hydrogen) atoms. The van der Waals surface area contributed by atoms with Crippen LogP contribution in [0.4, 0.5) is 5.69 Å². The predicted molar refractivity (Wildman–Crippen MR) is 71.1 cm³/mol. The summed E-state index contributed by atoms with van der Waals surface area (Å²) in [6.45, 7) is 2.47. The van der Waals surface area contributed by atoms with E-state index in [-0.39, 0.29) is 18.7 Å². The van der Waals surface area contributed by atoms with Crippen LogP contribution in [0.2, 0.25) is 0 Å². The number of carbonyl (C=O) groups excluding carboxylic acids is 1. The Hall–Kier alpha value is -2.08.